The van der Waals surface area contributed by atoms with Gasteiger partial charge in [-0.1, -0.05) is 49.0 Å². The molecule has 2 rings (SSSR count). The molecule has 28 heavy (non-hydrogen) atoms. The Hall–Kier alpha value is -2.58. The van der Waals surface area contributed by atoms with E-state index in [0.717, 1.165) is 37.7 Å². The van der Waals surface area contributed by atoms with Gasteiger partial charge in [0.25, 0.3) is 0 Å². The number of nitrogens with zero attached hydrogens (tertiary/aromatic N) is 1. The number of methoxy groups -OCH3 is 1. The number of unbranched alkanes of at least 4 members (excludes halogenated alkanes) is 3. The zero-order valence-corrected chi connectivity index (χ0v) is 16.5. The molecule has 1 saturated heterocycles. The smallest absolute Gasteiger partial charge is 0.305 e. The monoisotopic (exact) mass is 383 g/mol. The molecule has 1 heterocycles. The van der Waals surface area contributed by atoms with Crippen molar-refractivity contribution in [2.45, 2.75) is 57.1 Å². The van der Waals surface area contributed by atoms with Gasteiger partial charge in [-0.15, -0.1) is 0 Å². The van der Waals surface area contributed by atoms with Crippen molar-refractivity contribution in [2.24, 2.45) is 0 Å². The van der Waals surface area contributed by atoms with E-state index in [1.807, 2.05) is 41.3 Å². The Bertz CT molecular complexity index is 717. The molecule has 1 aromatic carbocycles. The van der Waals surface area contributed by atoms with Gasteiger partial charge in [-0.05, 0) is 37.5 Å². The molecule has 0 saturated carbocycles. The molecule has 5 heteroatoms. The lowest BCUT2D eigenvalue weighted by Crippen LogP contribution is -2.32. The van der Waals surface area contributed by atoms with Crippen LogP contribution in [0.5, 0.6) is 0 Å². The summed E-state index contributed by atoms with van der Waals surface area (Å²) in [5, 5.41) is 10.1. The Morgan fingerprint density at radius 1 is 1.29 bits per heavy atom. The topological polar surface area (TPSA) is 66.8 Å². The standard InChI is InChI=1S/C23H29NO4/c1-28-23(27)11-7-2-3-8-18-24-20(14-17-22(24)26)13-16-21(25)15-12-19-9-5-4-6-10-19/h4-6,9-10,13,16,20-21,25H,2-3,7-8,11,14,17-18H2,1H3. The van der Waals surface area contributed by atoms with Crippen molar-refractivity contribution in [3.8, 4) is 11.8 Å². The third-order valence-electron chi connectivity index (χ3n) is 4.79. The van der Waals surface area contributed by atoms with Crippen molar-refractivity contribution < 1.29 is 19.4 Å². The highest BCUT2D eigenvalue weighted by Crippen LogP contribution is 2.21. The summed E-state index contributed by atoms with van der Waals surface area (Å²) in [5.74, 6) is 5.74. The number of esters is 1. The van der Waals surface area contributed by atoms with Crippen molar-refractivity contribution in [2.75, 3.05) is 13.7 Å². The fourth-order valence-electron chi connectivity index (χ4n) is 3.21. The minimum atomic E-state index is -0.851. The molecule has 1 fully saturated rings. The Balaban J connectivity index is 1.75. The van der Waals surface area contributed by atoms with Crippen LogP contribution >= 0.6 is 0 Å². The largest absolute Gasteiger partial charge is 0.469 e. The van der Waals surface area contributed by atoms with Crippen molar-refractivity contribution in [1.82, 2.24) is 4.90 Å². The minimum Gasteiger partial charge on any atom is -0.469 e. The molecule has 150 valence electrons. The van der Waals surface area contributed by atoms with E-state index in [1.165, 1.54) is 7.11 Å². The van der Waals surface area contributed by atoms with Crippen molar-refractivity contribution >= 4 is 11.9 Å². The molecule has 1 aliphatic rings. The summed E-state index contributed by atoms with van der Waals surface area (Å²) in [6, 6.07) is 9.55. The van der Waals surface area contributed by atoms with E-state index in [-0.39, 0.29) is 17.9 Å². The molecule has 1 amide bonds. The van der Waals surface area contributed by atoms with Gasteiger partial charge < -0.3 is 14.7 Å². The van der Waals surface area contributed by atoms with Crippen LogP contribution in [0.1, 0.15) is 50.5 Å². The highest BCUT2D eigenvalue weighted by Gasteiger charge is 2.28. The first-order valence-corrected chi connectivity index (χ1v) is 9.89. The number of ether oxygens (including phenoxy) is 1. The van der Waals surface area contributed by atoms with E-state index >= 15 is 0 Å². The van der Waals surface area contributed by atoms with E-state index in [4.69, 9.17) is 0 Å². The Morgan fingerprint density at radius 3 is 2.79 bits per heavy atom. The zero-order chi connectivity index (χ0) is 20.2. The summed E-state index contributed by atoms with van der Waals surface area (Å²) < 4.78 is 4.63. The zero-order valence-electron chi connectivity index (χ0n) is 16.5. The first kappa shape index (κ1) is 21.7. The Kier molecular flexibility index (Phi) is 9.30. The quantitative estimate of drug-likeness (QED) is 0.308. The van der Waals surface area contributed by atoms with E-state index in [1.54, 1.807) is 6.08 Å². The van der Waals surface area contributed by atoms with Gasteiger partial charge in [0.15, 0.2) is 0 Å². The number of carbonyl (C=O) groups is 2. The van der Waals surface area contributed by atoms with Crippen molar-refractivity contribution in [3.63, 3.8) is 0 Å². The molecule has 2 unspecified atom stereocenters. The second-order valence-corrected chi connectivity index (χ2v) is 6.90. The molecule has 0 radical (unpaired) electrons. The first-order chi connectivity index (χ1) is 13.6. The number of hydrogen-bond donors (Lipinski definition) is 1. The summed E-state index contributed by atoms with van der Waals surface area (Å²) in [6.07, 6.45) is 8.13. The molecule has 0 aromatic heterocycles. The Morgan fingerprint density at radius 2 is 2.04 bits per heavy atom. The highest BCUT2D eigenvalue weighted by molar-refractivity contribution is 5.79. The van der Waals surface area contributed by atoms with Crippen LogP contribution in [0.15, 0.2) is 42.5 Å². The molecule has 1 aromatic rings. The van der Waals surface area contributed by atoms with Gasteiger partial charge in [0.05, 0.1) is 13.2 Å². The number of hydrogen-bond acceptors (Lipinski definition) is 4. The maximum Gasteiger partial charge on any atom is 0.305 e. The fraction of sp³-hybridized carbons (Fsp3) is 0.478. The van der Waals surface area contributed by atoms with Crippen LogP contribution in [0.3, 0.4) is 0 Å². The maximum absolute atomic E-state index is 12.1. The molecule has 0 aliphatic carbocycles. The molecular formula is C23H29NO4. The van der Waals surface area contributed by atoms with Crippen LogP contribution in [-0.4, -0.2) is 47.7 Å². The van der Waals surface area contributed by atoms with Gasteiger partial charge in [-0.25, -0.2) is 0 Å². The number of likely N-dealkylation sites (tertiary alicyclic amines) is 1. The van der Waals surface area contributed by atoms with Gasteiger partial charge in [0.2, 0.25) is 5.91 Å². The first-order valence-electron chi connectivity index (χ1n) is 9.89. The minimum absolute atomic E-state index is 0.0238. The second-order valence-electron chi connectivity index (χ2n) is 6.90. The van der Waals surface area contributed by atoms with Crippen molar-refractivity contribution in [1.29, 1.82) is 0 Å². The lowest BCUT2D eigenvalue weighted by Gasteiger charge is -2.22. The van der Waals surface area contributed by atoms with Gasteiger partial charge in [0.1, 0.15) is 6.10 Å². The predicted octanol–water partition coefficient (Wildman–Crippen LogP) is 3.07. The van der Waals surface area contributed by atoms with E-state index < -0.39 is 6.10 Å². The number of carbonyl (C=O) groups excluding carboxylic acids is 2. The summed E-state index contributed by atoms with van der Waals surface area (Å²) in [5.41, 5.74) is 0.861. The van der Waals surface area contributed by atoms with Gasteiger partial charge in [-0.3, -0.25) is 9.59 Å². The fourth-order valence-corrected chi connectivity index (χ4v) is 3.21. The average Bonchev–Trinajstić information content (AvgIpc) is 3.07. The van der Waals surface area contributed by atoms with Crippen LogP contribution < -0.4 is 0 Å². The summed E-state index contributed by atoms with van der Waals surface area (Å²) >= 11 is 0. The van der Waals surface area contributed by atoms with Crippen molar-refractivity contribution in [3.05, 3.63) is 48.0 Å². The number of aliphatic hydroxyl groups excluding tert-OH is 1. The summed E-state index contributed by atoms with van der Waals surface area (Å²) in [7, 11) is 1.40. The molecule has 1 N–H and O–H groups in total. The second kappa shape index (κ2) is 12.0. The molecular weight excluding hydrogens is 354 g/mol. The average molecular weight is 383 g/mol. The normalized spacial score (nSPS) is 17.4. The van der Waals surface area contributed by atoms with Gasteiger partial charge >= 0.3 is 5.97 Å². The third-order valence-corrected chi connectivity index (χ3v) is 4.79. The lowest BCUT2D eigenvalue weighted by atomic mass is 10.1. The third kappa shape index (κ3) is 7.58. The molecule has 0 spiro atoms. The Labute approximate surface area is 167 Å². The van der Waals surface area contributed by atoms with E-state index in [2.05, 4.69) is 16.6 Å². The number of aliphatic hydroxyl groups is 1. The van der Waals surface area contributed by atoms with Gasteiger partial charge in [-0.2, -0.15) is 0 Å². The maximum atomic E-state index is 12.1. The van der Waals surface area contributed by atoms with Crippen LogP contribution in [0.2, 0.25) is 0 Å². The summed E-state index contributed by atoms with van der Waals surface area (Å²) in [4.78, 5) is 25.1. The SMILES string of the molecule is COC(=O)CCCCCCN1C(=O)CCC1C=CC(O)C#Cc1ccccc1. The molecule has 5 nitrogen and oxygen atoms in total. The van der Waals surface area contributed by atoms with E-state index in [9.17, 15) is 14.7 Å². The molecule has 2 atom stereocenters. The lowest BCUT2D eigenvalue weighted by molar-refractivity contribution is -0.140. The van der Waals surface area contributed by atoms with E-state index in [0.29, 0.717) is 19.4 Å². The van der Waals surface area contributed by atoms with Crippen LogP contribution in [0, 0.1) is 11.8 Å². The molecule has 1 aliphatic heterocycles. The predicted molar refractivity (Wildman–Crippen MR) is 108 cm³/mol. The number of benzene rings is 1. The summed E-state index contributed by atoms with van der Waals surface area (Å²) in [6.45, 7) is 0.706. The van der Waals surface area contributed by atoms with Crippen LogP contribution in [-0.2, 0) is 14.3 Å². The molecule has 0 bridgehead atoms. The highest BCUT2D eigenvalue weighted by atomic mass is 16.5. The van der Waals surface area contributed by atoms with Crippen LogP contribution in [0.25, 0.3) is 0 Å². The van der Waals surface area contributed by atoms with Crippen LogP contribution in [0.4, 0.5) is 0 Å². The number of rotatable bonds is 9. The number of amides is 1. The van der Waals surface area contributed by atoms with Gasteiger partial charge in [0, 0.05) is 24.9 Å².